The van der Waals surface area contributed by atoms with E-state index in [2.05, 4.69) is 50.0 Å². The average Bonchev–Trinajstić information content (AvgIpc) is 2.73. The molecule has 1 aromatic carbocycles. The highest BCUT2D eigenvalue weighted by Gasteiger charge is 2.40. The average molecular weight is 522 g/mol. The molecule has 172 valence electrons. The van der Waals surface area contributed by atoms with Crippen LogP contribution >= 0.6 is 40.7 Å². The van der Waals surface area contributed by atoms with Crippen LogP contribution in [0.25, 0.3) is 0 Å². The molecular formula is C24H39BrCl2N2O. The topological polar surface area (TPSA) is 26.7 Å². The van der Waals surface area contributed by atoms with E-state index < -0.39 is 5.60 Å². The Labute approximate surface area is 203 Å². The van der Waals surface area contributed by atoms with E-state index in [4.69, 9.17) is 0 Å². The van der Waals surface area contributed by atoms with Gasteiger partial charge in [0.25, 0.3) is 0 Å². The van der Waals surface area contributed by atoms with Gasteiger partial charge in [-0.05, 0) is 82.4 Å². The lowest BCUT2D eigenvalue weighted by Crippen LogP contribution is -2.50. The van der Waals surface area contributed by atoms with Crippen LogP contribution in [-0.2, 0) is 0 Å². The normalized spacial score (nSPS) is 24.5. The van der Waals surface area contributed by atoms with Crippen molar-refractivity contribution in [1.82, 2.24) is 9.80 Å². The van der Waals surface area contributed by atoms with Crippen molar-refractivity contribution in [3.05, 3.63) is 34.3 Å². The molecule has 0 spiro atoms. The molecule has 2 aliphatic heterocycles. The highest BCUT2D eigenvalue weighted by molar-refractivity contribution is 9.10. The van der Waals surface area contributed by atoms with Gasteiger partial charge in [0.15, 0.2) is 0 Å². The Morgan fingerprint density at radius 1 is 0.933 bits per heavy atom. The summed E-state index contributed by atoms with van der Waals surface area (Å²) in [6.45, 7) is 5.99. The van der Waals surface area contributed by atoms with Gasteiger partial charge >= 0.3 is 0 Å². The fourth-order valence-corrected chi connectivity index (χ4v) is 6.25. The molecule has 3 nitrogen and oxygen atoms in total. The second-order valence-corrected chi connectivity index (χ2v) is 10.3. The summed E-state index contributed by atoms with van der Waals surface area (Å²) < 4.78 is 1.12. The molecule has 0 amide bonds. The van der Waals surface area contributed by atoms with Gasteiger partial charge in [-0.15, -0.1) is 24.8 Å². The fraction of sp³-hybridized carbons (Fsp3) is 0.750. The molecule has 4 rings (SSSR count). The number of piperidine rings is 2. The SMILES string of the molecule is Cl.Cl.OC1(C(CN2CCC(N3CCCCC3)CC2)c2cccc(Br)c2)CCCCC1. The van der Waals surface area contributed by atoms with Crippen molar-refractivity contribution in [2.24, 2.45) is 0 Å². The standard InChI is InChI=1S/C24H37BrN2O.2ClH/c25-21-9-7-8-20(18-21)23(24(28)12-3-1-4-13-24)19-26-16-10-22(11-17-26)27-14-5-2-6-15-27;;/h7-9,18,22-23,28H,1-6,10-17,19H2;2*1H. The van der Waals surface area contributed by atoms with Crippen molar-refractivity contribution >= 4 is 40.7 Å². The van der Waals surface area contributed by atoms with Gasteiger partial charge in [0.1, 0.15) is 0 Å². The van der Waals surface area contributed by atoms with Gasteiger partial charge in [-0.25, -0.2) is 0 Å². The molecule has 2 saturated heterocycles. The molecule has 0 aromatic heterocycles. The molecule has 1 aromatic rings. The zero-order valence-corrected chi connectivity index (χ0v) is 21.3. The van der Waals surface area contributed by atoms with Crippen molar-refractivity contribution in [1.29, 1.82) is 0 Å². The van der Waals surface area contributed by atoms with Crippen molar-refractivity contribution in [3.8, 4) is 0 Å². The summed E-state index contributed by atoms with van der Waals surface area (Å²) in [4.78, 5) is 5.39. The molecule has 30 heavy (non-hydrogen) atoms. The summed E-state index contributed by atoms with van der Waals surface area (Å²) in [7, 11) is 0. The van der Waals surface area contributed by atoms with Gasteiger partial charge in [-0.1, -0.05) is 53.7 Å². The van der Waals surface area contributed by atoms with E-state index in [1.165, 1.54) is 70.3 Å². The molecular weight excluding hydrogens is 483 g/mol. The smallest absolute Gasteiger partial charge is 0.0728 e. The molecule has 2 heterocycles. The first-order chi connectivity index (χ1) is 13.6. The predicted molar refractivity (Wildman–Crippen MR) is 134 cm³/mol. The molecule has 1 atom stereocenters. The molecule has 6 heteroatoms. The van der Waals surface area contributed by atoms with E-state index in [0.29, 0.717) is 0 Å². The molecule has 0 radical (unpaired) electrons. The Bertz CT molecular complexity index is 627. The van der Waals surface area contributed by atoms with E-state index in [1.54, 1.807) is 0 Å². The van der Waals surface area contributed by atoms with Gasteiger partial charge in [0.2, 0.25) is 0 Å². The van der Waals surface area contributed by atoms with Crippen LogP contribution in [0.15, 0.2) is 28.7 Å². The van der Waals surface area contributed by atoms with Crippen LogP contribution in [0.2, 0.25) is 0 Å². The number of hydrogen-bond acceptors (Lipinski definition) is 3. The molecule has 0 bridgehead atoms. The van der Waals surface area contributed by atoms with Crippen molar-refractivity contribution in [3.63, 3.8) is 0 Å². The first-order valence-electron chi connectivity index (χ1n) is 11.6. The third-order valence-corrected chi connectivity index (χ3v) is 8.02. The first-order valence-corrected chi connectivity index (χ1v) is 12.4. The van der Waals surface area contributed by atoms with Crippen molar-refractivity contribution in [2.45, 2.75) is 81.8 Å². The third kappa shape index (κ3) is 6.59. The Morgan fingerprint density at radius 2 is 1.57 bits per heavy atom. The lowest BCUT2D eigenvalue weighted by atomic mass is 9.72. The molecule has 1 N–H and O–H groups in total. The number of likely N-dealkylation sites (tertiary alicyclic amines) is 2. The fourth-order valence-electron chi connectivity index (χ4n) is 5.83. The maximum atomic E-state index is 11.6. The highest BCUT2D eigenvalue weighted by Crippen LogP contribution is 2.41. The number of halogens is 3. The van der Waals surface area contributed by atoms with Gasteiger partial charge in [0.05, 0.1) is 5.60 Å². The van der Waals surface area contributed by atoms with E-state index in [9.17, 15) is 5.11 Å². The number of nitrogens with zero attached hydrogens (tertiary/aromatic N) is 2. The maximum absolute atomic E-state index is 11.6. The molecule has 1 aliphatic carbocycles. The largest absolute Gasteiger partial charge is 0.389 e. The summed E-state index contributed by atoms with van der Waals surface area (Å²) in [5, 5.41) is 11.6. The Kier molecular flexibility index (Phi) is 10.9. The third-order valence-electron chi connectivity index (χ3n) is 7.52. The van der Waals surface area contributed by atoms with Crippen LogP contribution < -0.4 is 0 Å². The summed E-state index contributed by atoms with van der Waals surface area (Å²) >= 11 is 3.65. The van der Waals surface area contributed by atoms with Crippen LogP contribution in [0.3, 0.4) is 0 Å². The number of benzene rings is 1. The van der Waals surface area contributed by atoms with Gasteiger partial charge < -0.3 is 14.9 Å². The summed E-state index contributed by atoms with van der Waals surface area (Å²) in [6.07, 6.45) is 12.3. The Hall–Kier alpha value is 0.160. The predicted octanol–water partition coefficient (Wildman–Crippen LogP) is 6.02. The zero-order valence-electron chi connectivity index (χ0n) is 18.1. The van der Waals surface area contributed by atoms with Gasteiger partial charge in [-0.3, -0.25) is 0 Å². The molecule has 1 saturated carbocycles. The minimum Gasteiger partial charge on any atom is -0.389 e. The highest BCUT2D eigenvalue weighted by atomic mass is 79.9. The summed E-state index contributed by atoms with van der Waals surface area (Å²) in [5.74, 6) is 0.219. The Balaban J connectivity index is 0.00000160. The monoisotopic (exact) mass is 520 g/mol. The number of aliphatic hydroxyl groups is 1. The van der Waals surface area contributed by atoms with E-state index >= 15 is 0 Å². The first kappa shape index (κ1) is 26.4. The number of hydrogen-bond donors (Lipinski definition) is 1. The number of rotatable bonds is 5. The van der Waals surface area contributed by atoms with Crippen LogP contribution in [0.4, 0.5) is 0 Å². The molecule has 3 aliphatic rings. The maximum Gasteiger partial charge on any atom is 0.0728 e. The van der Waals surface area contributed by atoms with E-state index in [0.717, 1.165) is 42.7 Å². The van der Waals surface area contributed by atoms with Crippen molar-refractivity contribution < 1.29 is 5.11 Å². The quantitative estimate of drug-likeness (QED) is 0.513. The minimum atomic E-state index is -0.539. The lowest BCUT2D eigenvalue weighted by Gasteiger charge is -2.44. The van der Waals surface area contributed by atoms with Crippen molar-refractivity contribution in [2.75, 3.05) is 32.7 Å². The summed E-state index contributed by atoms with van der Waals surface area (Å²) in [6, 6.07) is 9.47. The zero-order chi connectivity index (χ0) is 19.4. The van der Waals surface area contributed by atoms with E-state index in [-0.39, 0.29) is 30.7 Å². The Morgan fingerprint density at radius 3 is 2.20 bits per heavy atom. The minimum absolute atomic E-state index is 0. The molecule has 1 unspecified atom stereocenters. The van der Waals surface area contributed by atoms with Crippen LogP contribution in [0, 0.1) is 0 Å². The second-order valence-electron chi connectivity index (χ2n) is 9.40. The van der Waals surface area contributed by atoms with E-state index in [1.807, 2.05) is 0 Å². The lowest BCUT2D eigenvalue weighted by molar-refractivity contribution is -0.0343. The van der Waals surface area contributed by atoms with Crippen LogP contribution in [0.5, 0.6) is 0 Å². The second kappa shape index (κ2) is 12.4. The summed E-state index contributed by atoms with van der Waals surface area (Å²) in [5.41, 5.74) is 0.764. The molecule has 3 fully saturated rings. The van der Waals surface area contributed by atoms with Crippen LogP contribution in [0.1, 0.15) is 75.7 Å². The van der Waals surface area contributed by atoms with Crippen LogP contribution in [-0.4, -0.2) is 59.3 Å². The van der Waals surface area contributed by atoms with Gasteiger partial charge in [-0.2, -0.15) is 0 Å². The van der Waals surface area contributed by atoms with Gasteiger partial charge in [0, 0.05) is 23.0 Å².